The van der Waals surface area contributed by atoms with Gasteiger partial charge in [0, 0.05) is 32.6 Å². The van der Waals surface area contributed by atoms with Crippen LogP contribution in [0.4, 0.5) is 0 Å². The number of carbonyl (C=O) groups is 2. The number of piperidine rings is 1. The van der Waals surface area contributed by atoms with Crippen LogP contribution in [0.2, 0.25) is 0 Å². The normalized spacial score (nSPS) is 20.3. The molecule has 2 aliphatic heterocycles. The van der Waals surface area contributed by atoms with Gasteiger partial charge < -0.3 is 19.5 Å². The monoisotopic (exact) mass is 361 g/mol. The zero-order chi connectivity index (χ0) is 18.7. The molecule has 26 heavy (non-hydrogen) atoms. The van der Waals surface area contributed by atoms with Crippen LogP contribution in [-0.4, -0.2) is 60.9 Å². The largest absolute Gasteiger partial charge is 0.466 e. The van der Waals surface area contributed by atoms with Crippen molar-refractivity contribution in [3.63, 3.8) is 0 Å². The second kappa shape index (κ2) is 8.25. The number of amides is 2. The van der Waals surface area contributed by atoms with E-state index in [2.05, 4.69) is 12.2 Å². The molecule has 0 aliphatic carbocycles. The molecule has 1 unspecified atom stereocenters. The molecular weight excluding hydrogens is 330 g/mol. The van der Waals surface area contributed by atoms with E-state index in [9.17, 15) is 9.59 Å². The van der Waals surface area contributed by atoms with Gasteiger partial charge in [0.15, 0.2) is 0 Å². The van der Waals surface area contributed by atoms with E-state index in [0.717, 1.165) is 18.8 Å². The molecule has 1 N–H and O–H groups in total. The fraction of sp³-hybridized carbons (Fsp3) is 0.700. The van der Waals surface area contributed by atoms with E-state index in [1.54, 1.807) is 6.07 Å². The number of nitrogens with zero attached hydrogens (tertiary/aromatic N) is 2. The van der Waals surface area contributed by atoms with Gasteiger partial charge in [-0.25, -0.2) is 0 Å². The number of hydrogen-bond donors (Lipinski definition) is 1. The summed E-state index contributed by atoms with van der Waals surface area (Å²) in [5.41, 5.74) is 0.641. The van der Waals surface area contributed by atoms with Crippen molar-refractivity contribution in [1.82, 2.24) is 15.1 Å². The van der Waals surface area contributed by atoms with Gasteiger partial charge in [0.2, 0.25) is 5.91 Å². The molecule has 3 heterocycles. The van der Waals surface area contributed by atoms with Crippen LogP contribution in [-0.2, 0) is 4.79 Å². The van der Waals surface area contributed by atoms with Crippen molar-refractivity contribution in [1.29, 1.82) is 0 Å². The lowest BCUT2D eigenvalue weighted by Gasteiger charge is -2.36. The van der Waals surface area contributed by atoms with Crippen LogP contribution in [0.25, 0.3) is 0 Å². The van der Waals surface area contributed by atoms with E-state index in [1.807, 2.05) is 23.6 Å². The minimum Gasteiger partial charge on any atom is -0.466 e. The number of carbonyl (C=O) groups excluding carboxylic acids is 2. The Balaban J connectivity index is 1.49. The average molecular weight is 361 g/mol. The third-order valence-corrected chi connectivity index (χ3v) is 5.88. The van der Waals surface area contributed by atoms with Crippen LogP contribution in [0.5, 0.6) is 0 Å². The fourth-order valence-electron chi connectivity index (χ4n) is 4.16. The average Bonchev–Trinajstić information content (AvgIpc) is 3.00. The second-order valence-corrected chi connectivity index (χ2v) is 7.77. The summed E-state index contributed by atoms with van der Waals surface area (Å²) in [7, 11) is 0. The molecular formula is C20H31N3O3. The Morgan fingerprint density at radius 3 is 2.35 bits per heavy atom. The van der Waals surface area contributed by atoms with Crippen LogP contribution in [0.1, 0.15) is 48.1 Å². The second-order valence-electron chi connectivity index (χ2n) is 7.77. The number of rotatable bonds is 4. The Morgan fingerprint density at radius 2 is 1.77 bits per heavy atom. The quantitative estimate of drug-likeness (QED) is 0.893. The minimum atomic E-state index is 0.00882. The van der Waals surface area contributed by atoms with Crippen molar-refractivity contribution in [3.05, 3.63) is 23.2 Å². The van der Waals surface area contributed by atoms with Gasteiger partial charge in [-0.05, 0) is 57.7 Å². The molecule has 1 atom stereocenters. The molecule has 2 fully saturated rings. The SMILES string of the molecule is Cc1cc(C(=O)N2CCN(C(=O)CC(C)C3CCNCC3)CC2)c(C)o1. The molecule has 6 nitrogen and oxygen atoms in total. The molecule has 0 spiro atoms. The Bertz CT molecular complexity index is 641. The lowest BCUT2D eigenvalue weighted by atomic mass is 9.84. The maximum atomic E-state index is 12.7. The summed E-state index contributed by atoms with van der Waals surface area (Å²) in [5.74, 6) is 2.75. The molecule has 2 saturated heterocycles. The van der Waals surface area contributed by atoms with Crippen molar-refractivity contribution in [2.24, 2.45) is 11.8 Å². The molecule has 2 amide bonds. The summed E-state index contributed by atoms with van der Waals surface area (Å²) in [6.07, 6.45) is 2.96. The Hall–Kier alpha value is -1.82. The van der Waals surface area contributed by atoms with Gasteiger partial charge in [0.05, 0.1) is 5.56 Å². The van der Waals surface area contributed by atoms with Gasteiger partial charge in [0.25, 0.3) is 5.91 Å². The first-order valence-corrected chi connectivity index (χ1v) is 9.80. The molecule has 0 bridgehead atoms. The van der Waals surface area contributed by atoms with Gasteiger partial charge in [-0.1, -0.05) is 6.92 Å². The summed E-state index contributed by atoms with van der Waals surface area (Å²) >= 11 is 0. The number of furan rings is 1. The van der Waals surface area contributed by atoms with E-state index in [4.69, 9.17) is 4.42 Å². The lowest BCUT2D eigenvalue weighted by Crippen LogP contribution is -2.51. The van der Waals surface area contributed by atoms with E-state index >= 15 is 0 Å². The summed E-state index contributed by atoms with van der Waals surface area (Å²) < 4.78 is 5.47. The number of hydrogen-bond acceptors (Lipinski definition) is 4. The minimum absolute atomic E-state index is 0.00882. The van der Waals surface area contributed by atoms with Gasteiger partial charge in [-0.15, -0.1) is 0 Å². The van der Waals surface area contributed by atoms with Crippen molar-refractivity contribution in [3.8, 4) is 0 Å². The molecule has 2 aliphatic rings. The maximum absolute atomic E-state index is 12.7. The van der Waals surface area contributed by atoms with E-state index in [1.165, 1.54) is 12.8 Å². The van der Waals surface area contributed by atoms with Crippen molar-refractivity contribution < 1.29 is 14.0 Å². The highest BCUT2D eigenvalue weighted by molar-refractivity contribution is 5.95. The molecule has 1 aromatic rings. The highest BCUT2D eigenvalue weighted by Crippen LogP contribution is 2.25. The molecule has 1 aromatic heterocycles. The number of aryl methyl sites for hydroxylation is 2. The zero-order valence-electron chi connectivity index (χ0n) is 16.2. The van der Waals surface area contributed by atoms with E-state index in [0.29, 0.717) is 55.8 Å². The van der Waals surface area contributed by atoms with Crippen LogP contribution < -0.4 is 5.32 Å². The van der Waals surface area contributed by atoms with Gasteiger partial charge in [-0.3, -0.25) is 9.59 Å². The first-order chi connectivity index (χ1) is 12.5. The first kappa shape index (κ1) is 19.0. The predicted molar refractivity (Wildman–Crippen MR) is 100 cm³/mol. The highest BCUT2D eigenvalue weighted by Gasteiger charge is 2.29. The third kappa shape index (κ3) is 4.29. The smallest absolute Gasteiger partial charge is 0.257 e. The summed E-state index contributed by atoms with van der Waals surface area (Å²) in [5, 5.41) is 3.38. The van der Waals surface area contributed by atoms with Crippen molar-refractivity contribution in [2.45, 2.75) is 40.0 Å². The van der Waals surface area contributed by atoms with Gasteiger partial charge in [0.1, 0.15) is 11.5 Å². The van der Waals surface area contributed by atoms with Crippen molar-refractivity contribution >= 4 is 11.8 Å². The zero-order valence-corrected chi connectivity index (χ0v) is 16.2. The number of piperazine rings is 1. The van der Waals surface area contributed by atoms with Gasteiger partial charge >= 0.3 is 0 Å². The van der Waals surface area contributed by atoms with Crippen LogP contribution >= 0.6 is 0 Å². The van der Waals surface area contributed by atoms with Crippen LogP contribution in [0.3, 0.4) is 0 Å². The Labute approximate surface area is 155 Å². The predicted octanol–water partition coefficient (Wildman–Crippen LogP) is 2.21. The third-order valence-electron chi connectivity index (χ3n) is 5.88. The molecule has 0 radical (unpaired) electrons. The maximum Gasteiger partial charge on any atom is 0.257 e. The molecule has 0 aromatic carbocycles. The topological polar surface area (TPSA) is 65.8 Å². The highest BCUT2D eigenvalue weighted by atomic mass is 16.3. The standard InChI is InChI=1S/C20H31N3O3/c1-14(17-4-6-21-7-5-17)12-19(24)22-8-10-23(11-9-22)20(25)18-13-15(2)26-16(18)3/h13-14,17,21H,4-12H2,1-3H3. The van der Waals surface area contributed by atoms with E-state index < -0.39 is 0 Å². The molecule has 144 valence electrons. The van der Waals surface area contributed by atoms with Gasteiger partial charge in [-0.2, -0.15) is 0 Å². The summed E-state index contributed by atoms with van der Waals surface area (Å²) in [6, 6.07) is 1.80. The first-order valence-electron chi connectivity index (χ1n) is 9.80. The molecule has 6 heteroatoms. The summed E-state index contributed by atoms with van der Waals surface area (Å²) in [6.45, 7) is 10.4. The molecule has 0 saturated carbocycles. The van der Waals surface area contributed by atoms with Crippen molar-refractivity contribution in [2.75, 3.05) is 39.3 Å². The van der Waals surface area contributed by atoms with Crippen LogP contribution in [0.15, 0.2) is 10.5 Å². The Kier molecular flexibility index (Phi) is 6.01. The summed E-state index contributed by atoms with van der Waals surface area (Å²) in [4.78, 5) is 29.1. The molecule has 3 rings (SSSR count). The van der Waals surface area contributed by atoms with E-state index in [-0.39, 0.29) is 11.8 Å². The Morgan fingerprint density at radius 1 is 1.15 bits per heavy atom. The lowest BCUT2D eigenvalue weighted by molar-refractivity contribution is -0.134. The van der Waals surface area contributed by atoms with Crippen LogP contribution in [0, 0.1) is 25.7 Å². The number of nitrogens with one attached hydrogen (secondary N) is 1. The fourth-order valence-corrected chi connectivity index (χ4v) is 4.16.